The van der Waals surface area contributed by atoms with Crippen LogP contribution >= 0.6 is 11.3 Å². The molecule has 0 aliphatic carbocycles. The molecule has 2 N–H and O–H groups in total. The van der Waals surface area contributed by atoms with E-state index in [1.165, 1.54) is 0 Å². The Kier molecular flexibility index (Phi) is 5.16. The van der Waals surface area contributed by atoms with Gasteiger partial charge in [-0.3, -0.25) is 9.89 Å². The predicted octanol–water partition coefficient (Wildman–Crippen LogP) is 4.67. The maximum atomic E-state index is 12.6. The van der Waals surface area contributed by atoms with Crippen LogP contribution in [0.25, 0.3) is 11.3 Å². The van der Waals surface area contributed by atoms with Crippen molar-refractivity contribution in [3.05, 3.63) is 82.4 Å². The molecule has 4 rings (SSSR count). The van der Waals surface area contributed by atoms with E-state index in [0.717, 1.165) is 22.0 Å². The number of amides is 1. The SMILES string of the molecule is Cc1nc(COc2cccc(C(=O)Nc3cccc(-c4ccn[nH]4)c3)c2)cs1. The molecule has 0 bridgehead atoms. The maximum Gasteiger partial charge on any atom is 0.255 e. The Morgan fingerprint density at radius 1 is 1.18 bits per heavy atom. The quantitative estimate of drug-likeness (QED) is 0.501. The molecule has 28 heavy (non-hydrogen) atoms. The molecule has 0 saturated heterocycles. The number of H-pyrrole nitrogens is 1. The van der Waals surface area contributed by atoms with E-state index in [1.54, 1.807) is 35.7 Å². The molecule has 2 heterocycles. The smallest absolute Gasteiger partial charge is 0.255 e. The van der Waals surface area contributed by atoms with Crippen molar-refractivity contribution < 1.29 is 9.53 Å². The number of rotatable bonds is 6. The average Bonchev–Trinajstić information content (AvgIpc) is 3.39. The number of aryl methyl sites for hydroxylation is 1. The van der Waals surface area contributed by atoms with E-state index in [2.05, 4.69) is 20.5 Å². The molecule has 7 heteroatoms. The van der Waals surface area contributed by atoms with E-state index in [9.17, 15) is 4.79 Å². The highest BCUT2D eigenvalue weighted by atomic mass is 32.1. The fourth-order valence-electron chi connectivity index (χ4n) is 2.74. The van der Waals surface area contributed by atoms with E-state index in [1.807, 2.05) is 48.7 Å². The number of carbonyl (C=O) groups is 1. The van der Waals surface area contributed by atoms with Crippen LogP contribution in [0, 0.1) is 6.92 Å². The van der Waals surface area contributed by atoms with Crippen LogP contribution in [-0.4, -0.2) is 21.1 Å². The fraction of sp³-hybridized carbons (Fsp3) is 0.0952. The van der Waals surface area contributed by atoms with E-state index >= 15 is 0 Å². The largest absolute Gasteiger partial charge is 0.487 e. The molecule has 2 aromatic heterocycles. The lowest BCUT2D eigenvalue weighted by Crippen LogP contribution is -2.12. The van der Waals surface area contributed by atoms with Gasteiger partial charge in [0.25, 0.3) is 5.91 Å². The molecular weight excluding hydrogens is 372 g/mol. The summed E-state index contributed by atoms with van der Waals surface area (Å²) in [5.41, 5.74) is 3.96. The van der Waals surface area contributed by atoms with Crippen molar-refractivity contribution in [3.8, 4) is 17.0 Å². The third kappa shape index (κ3) is 4.27. The van der Waals surface area contributed by atoms with Gasteiger partial charge in [-0.2, -0.15) is 5.10 Å². The van der Waals surface area contributed by atoms with Crippen LogP contribution in [0.1, 0.15) is 21.1 Å². The number of thiazole rings is 1. The van der Waals surface area contributed by atoms with Gasteiger partial charge in [-0.15, -0.1) is 11.3 Å². The minimum absolute atomic E-state index is 0.197. The first kappa shape index (κ1) is 17.9. The van der Waals surface area contributed by atoms with E-state index < -0.39 is 0 Å². The Morgan fingerprint density at radius 2 is 2.07 bits per heavy atom. The molecule has 140 valence electrons. The number of ether oxygens (including phenoxy) is 1. The molecule has 4 aromatic rings. The van der Waals surface area contributed by atoms with Gasteiger partial charge in [0.05, 0.1) is 16.4 Å². The summed E-state index contributed by atoms with van der Waals surface area (Å²) < 4.78 is 5.77. The molecule has 0 aliphatic heterocycles. The van der Waals surface area contributed by atoms with Crippen LogP contribution in [0.4, 0.5) is 5.69 Å². The lowest BCUT2D eigenvalue weighted by molar-refractivity contribution is 0.102. The molecule has 0 atom stereocenters. The zero-order chi connectivity index (χ0) is 19.3. The number of hydrogen-bond acceptors (Lipinski definition) is 5. The lowest BCUT2D eigenvalue weighted by Gasteiger charge is -2.09. The Bertz CT molecular complexity index is 1090. The van der Waals surface area contributed by atoms with Crippen LogP contribution in [0.15, 0.2) is 66.2 Å². The number of carbonyl (C=O) groups excluding carboxylic acids is 1. The lowest BCUT2D eigenvalue weighted by atomic mass is 10.1. The summed E-state index contributed by atoms with van der Waals surface area (Å²) >= 11 is 1.59. The minimum Gasteiger partial charge on any atom is -0.487 e. The first-order chi connectivity index (χ1) is 13.7. The Morgan fingerprint density at radius 3 is 2.86 bits per heavy atom. The Labute approximate surface area is 166 Å². The standard InChI is InChI=1S/C21H18N4O2S/c1-14-23-18(13-28-14)12-27-19-7-3-5-16(11-19)21(26)24-17-6-2-4-15(10-17)20-8-9-22-25-20/h2-11,13H,12H2,1H3,(H,22,25)(H,24,26). The van der Waals surface area contributed by atoms with Gasteiger partial charge in [0, 0.05) is 28.4 Å². The molecule has 0 aliphatic rings. The molecule has 6 nitrogen and oxygen atoms in total. The monoisotopic (exact) mass is 390 g/mol. The Balaban J connectivity index is 1.44. The zero-order valence-electron chi connectivity index (χ0n) is 15.2. The normalized spacial score (nSPS) is 10.6. The van der Waals surface area contributed by atoms with E-state index in [-0.39, 0.29) is 5.91 Å². The van der Waals surface area contributed by atoms with Gasteiger partial charge < -0.3 is 10.1 Å². The van der Waals surface area contributed by atoms with Gasteiger partial charge in [0.1, 0.15) is 12.4 Å². The van der Waals surface area contributed by atoms with Gasteiger partial charge in [-0.1, -0.05) is 18.2 Å². The predicted molar refractivity (Wildman–Crippen MR) is 110 cm³/mol. The van der Waals surface area contributed by atoms with Crippen LogP contribution in [0.3, 0.4) is 0 Å². The number of nitrogens with one attached hydrogen (secondary N) is 2. The molecule has 0 spiro atoms. The van der Waals surface area contributed by atoms with E-state index in [4.69, 9.17) is 4.74 Å². The highest BCUT2D eigenvalue weighted by Crippen LogP contribution is 2.22. The topological polar surface area (TPSA) is 79.9 Å². The van der Waals surface area contributed by atoms with Gasteiger partial charge in [0.2, 0.25) is 0 Å². The first-order valence-electron chi connectivity index (χ1n) is 8.72. The molecule has 0 saturated carbocycles. The van der Waals surface area contributed by atoms with Crippen LogP contribution in [0.2, 0.25) is 0 Å². The summed E-state index contributed by atoms with van der Waals surface area (Å²) in [7, 11) is 0. The number of aromatic nitrogens is 3. The second kappa shape index (κ2) is 8.06. The average molecular weight is 390 g/mol. The van der Waals surface area contributed by atoms with Crippen molar-refractivity contribution in [3.63, 3.8) is 0 Å². The summed E-state index contributed by atoms with van der Waals surface area (Å²) in [5.74, 6) is 0.432. The number of nitrogens with zero attached hydrogens (tertiary/aromatic N) is 2. The Hall–Kier alpha value is -3.45. The molecule has 0 unspecified atom stereocenters. The van der Waals surface area contributed by atoms with Gasteiger partial charge in [0.15, 0.2) is 0 Å². The van der Waals surface area contributed by atoms with Crippen LogP contribution in [0.5, 0.6) is 5.75 Å². The number of benzene rings is 2. The third-order valence-electron chi connectivity index (χ3n) is 4.08. The van der Waals surface area contributed by atoms with Gasteiger partial charge >= 0.3 is 0 Å². The van der Waals surface area contributed by atoms with Crippen LogP contribution < -0.4 is 10.1 Å². The summed E-state index contributed by atoms with van der Waals surface area (Å²) in [6.07, 6.45) is 1.69. The molecule has 0 fully saturated rings. The first-order valence-corrected chi connectivity index (χ1v) is 9.60. The van der Waals surface area contributed by atoms with Crippen LogP contribution in [-0.2, 0) is 6.61 Å². The third-order valence-corrected chi connectivity index (χ3v) is 4.90. The summed E-state index contributed by atoms with van der Waals surface area (Å²) in [6.45, 7) is 2.34. The maximum absolute atomic E-state index is 12.6. The highest BCUT2D eigenvalue weighted by Gasteiger charge is 2.09. The van der Waals surface area contributed by atoms with Crippen molar-refractivity contribution >= 4 is 22.9 Å². The second-order valence-electron chi connectivity index (χ2n) is 6.18. The fourth-order valence-corrected chi connectivity index (χ4v) is 3.34. The van der Waals surface area contributed by atoms with E-state index in [0.29, 0.717) is 23.6 Å². The summed E-state index contributed by atoms with van der Waals surface area (Å²) in [4.78, 5) is 17.0. The molecular formula is C21H18N4O2S. The van der Waals surface area contributed by atoms with Gasteiger partial charge in [-0.25, -0.2) is 4.98 Å². The summed E-state index contributed by atoms with van der Waals surface area (Å²) in [6, 6.07) is 16.6. The second-order valence-corrected chi connectivity index (χ2v) is 7.24. The van der Waals surface area contributed by atoms with Crippen molar-refractivity contribution in [2.45, 2.75) is 13.5 Å². The summed E-state index contributed by atoms with van der Waals surface area (Å²) in [5, 5.41) is 12.8. The number of anilines is 1. The van der Waals surface area contributed by atoms with Crippen molar-refractivity contribution in [2.75, 3.05) is 5.32 Å². The molecule has 2 aromatic carbocycles. The molecule has 0 radical (unpaired) electrons. The zero-order valence-corrected chi connectivity index (χ0v) is 16.0. The minimum atomic E-state index is -0.197. The van der Waals surface area contributed by atoms with Crippen molar-refractivity contribution in [2.24, 2.45) is 0 Å². The molecule has 1 amide bonds. The van der Waals surface area contributed by atoms with Crippen molar-refractivity contribution in [1.29, 1.82) is 0 Å². The van der Waals surface area contributed by atoms with Gasteiger partial charge in [-0.05, 0) is 43.3 Å². The number of aromatic amines is 1. The highest BCUT2D eigenvalue weighted by molar-refractivity contribution is 7.09. The van der Waals surface area contributed by atoms with Crippen molar-refractivity contribution in [1.82, 2.24) is 15.2 Å². The number of hydrogen-bond donors (Lipinski definition) is 2.